The maximum atomic E-state index is 13.4. The van der Waals surface area contributed by atoms with Gasteiger partial charge in [-0.2, -0.15) is 0 Å². The first-order valence-electron chi connectivity index (χ1n) is 9.97. The largest absolute Gasteiger partial charge is 0.332 e. The van der Waals surface area contributed by atoms with Crippen LogP contribution < -0.4 is 16.1 Å². The Hall–Kier alpha value is -3.94. The molecule has 2 aromatic heterocycles. The molecule has 2 atom stereocenters. The summed E-state index contributed by atoms with van der Waals surface area (Å²) in [6.07, 6.45) is 1.48. The molecule has 3 heterocycles. The number of anilines is 1. The van der Waals surface area contributed by atoms with E-state index in [4.69, 9.17) is 0 Å². The molecule has 2 aromatic carbocycles. The zero-order valence-electron chi connectivity index (χ0n) is 17.4. The Balaban J connectivity index is 1.71. The molecule has 156 valence electrons. The van der Waals surface area contributed by atoms with Gasteiger partial charge >= 0.3 is 5.69 Å². The number of imidazole rings is 1. The van der Waals surface area contributed by atoms with Gasteiger partial charge in [0.15, 0.2) is 11.2 Å². The van der Waals surface area contributed by atoms with Crippen LogP contribution in [-0.2, 0) is 18.9 Å². The van der Waals surface area contributed by atoms with E-state index in [9.17, 15) is 14.4 Å². The summed E-state index contributed by atoms with van der Waals surface area (Å²) < 4.78 is 3.98. The average Bonchev–Trinajstić information content (AvgIpc) is 3.21. The summed E-state index contributed by atoms with van der Waals surface area (Å²) in [4.78, 5) is 44.7. The van der Waals surface area contributed by atoms with Crippen molar-refractivity contribution >= 4 is 22.8 Å². The van der Waals surface area contributed by atoms with Gasteiger partial charge in [0.05, 0.1) is 12.4 Å². The SMILES string of the molecule is Cc1ccc(N2C(=O)C(n3cnc4c3c(=O)n(C)c(=O)n4C)C2c2ccccc2)cc1. The molecule has 31 heavy (non-hydrogen) atoms. The molecule has 8 heteroatoms. The van der Waals surface area contributed by atoms with Crippen LogP contribution in [0, 0.1) is 6.92 Å². The summed E-state index contributed by atoms with van der Waals surface area (Å²) in [5.41, 5.74) is 2.44. The Morgan fingerprint density at radius 1 is 0.839 bits per heavy atom. The molecule has 0 saturated carbocycles. The van der Waals surface area contributed by atoms with Crippen LogP contribution in [0.15, 0.2) is 70.5 Å². The van der Waals surface area contributed by atoms with E-state index in [1.54, 1.807) is 16.5 Å². The number of nitrogens with zero attached hydrogens (tertiary/aromatic N) is 5. The summed E-state index contributed by atoms with van der Waals surface area (Å²) in [5, 5.41) is 0. The predicted octanol–water partition coefficient (Wildman–Crippen LogP) is 2.07. The second-order valence-electron chi connectivity index (χ2n) is 7.87. The third kappa shape index (κ3) is 2.68. The first-order valence-corrected chi connectivity index (χ1v) is 9.97. The van der Waals surface area contributed by atoms with Crippen LogP contribution in [0.1, 0.15) is 23.2 Å². The Kier molecular flexibility index (Phi) is 4.18. The topological polar surface area (TPSA) is 82.1 Å². The standard InChI is InChI=1S/C23H21N5O3/c1-14-9-11-16(12-10-14)28-17(15-7-5-4-6-8-15)18(22(28)30)27-13-24-20-19(27)21(29)26(3)23(31)25(20)2/h4-13,17-18H,1-3H3. The number of aromatic nitrogens is 4. The summed E-state index contributed by atoms with van der Waals surface area (Å²) in [6.45, 7) is 2.00. The third-order valence-corrected chi connectivity index (χ3v) is 5.99. The van der Waals surface area contributed by atoms with Gasteiger partial charge < -0.3 is 9.47 Å². The summed E-state index contributed by atoms with van der Waals surface area (Å²) in [6, 6.07) is 16.6. The highest BCUT2D eigenvalue weighted by molar-refractivity contribution is 6.05. The number of carbonyl (C=O) groups is 1. The van der Waals surface area contributed by atoms with Crippen LogP contribution in [-0.4, -0.2) is 24.6 Å². The van der Waals surface area contributed by atoms with Crippen molar-refractivity contribution in [1.29, 1.82) is 0 Å². The first-order chi connectivity index (χ1) is 14.9. The smallest absolute Gasteiger partial charge is 0.309 e. The molecule has 0 bridgehead atoms. The lowest BCUT2D eigenvalue weighted by atomic mass is 9.87. The number of hydrogen-bond donors (Lipinski definition) is 0. The highest BCUT2D eigenvalue weighted by Crippen LogP contribution is 2.46. The van der Waals surface area contributed by atoms with E-state index < -0.39 is 17.3 Å². The molecule has 4 aromatic rings. The second kappa shape index (κ2) is 6.80. The lowest BCUT2D eigenvalue weighted by molar-refractivity contribution is -0.129. The molecule has 2 unspecified atom stereocenters. The van der Waals surface area contributed by atoms with E-state index in [0.717, 1.165) is 21.4 Å². The number of aryl methyl sites for hydroxylation is 2. The van der Waals surface area contributed by atoms with Crippen molar-refractivity contribution in [3.05, 3.63) is 92.9 Å². The monoisotopic (exact) mass is 415 g/mol. The molecule has 0 aliphatic carbocycles. The molecular formula is C23H21N5O3. The highest BCUT2D eigenvalue weighted by Gasteiger charge is 2.50. The summed E-state index contributed by atoms with van der Waals surface area (Å²) >= 11 is 0. The van der Waals surface area contributed by atoms with Gasteiger partial charge in [0.25, 0.3) is 11.5 Å². The van der Waals surface area contributed by atoms with Crippen LogP contribution >= 0.6 is 0 Å². The molecular weight excluding hydrogens is 394 g/mol. The molecule has 0 spiro atoms. The van der Waals surface area contributed by atoms with E-state index in [1.807, 2.05) is 61.5 Å². The molecule has 1 aliphatic rings. The van der Waals surface area contributed by atoms with Crippen molar-refractivity contribution in [2.45, 2.75) is 19.0 Å². The van der Waals surface area contributed by atoms with Gasteiger partial charge in [-0.05, 0) is 24.6 Å². The Morgan fingerprint density at radius 3 is 2.19 bits per heavy atom. The van der Waals surface area contributed by atoms with Crippen molar-refractivity contribution in [1.82, 2.24) is 18.7 Å². The maximum Gasteiger partial charge on any atom is 0.332 e. The maximum absolute atomic E-state index is 13.4. The highest BCUT2D eigenvalue weighted by atomic mass is 16.2. The van der Waals surface area contributed by atoms with Crippen LogP contribution in [0.4, 0.5) is 5.69 Å². The molecule has 5 rings (SSSR count). The van der Waals surface area contributed by atoms with Gasteiger partial charge in [0.1, 0.15) is 6.04 Å². The Bertz CT molecular complexity index is 1430. The van der Waals surface area contributed by atoms with E-state index in [1.165, 1.54) is 17.9 Å². The number of benzene rings is 2. The van der Waals surface area contributed by atoms with Crippen molar-refractivity contribution in [2.75, 3.05) is 4.90 Å². The fourth-order valence-electron chi connectivity index (χ4n) is 4.29. The predicted molar refractivity (Wildman–Crippen MR) is 117 cm³/mol. The molecule has 1 saturated heterocycles. The number of β-lactam (4-membered cyclic amide) rings is 1. The zero-order valence-corrected chi connectivity index (χ0v) is 17.4. The van der Waals surface area contributed by atoms with Crippen molar-refractivity contribution in [3.63, 3.8) is 0 Å². The normalized spacial score (nSPS) is 18.4. The number of fused-ring (bicyclic) bond motifs is 1. The van der Waals surface area contributed by atoms with E-state index >= 15 is 0 Å². The number of amides is 1. The van der Waals surface area contributed by atoms with Gasteiger partial charge in [-0.25, -0.2) is 9.78 Å². The van der Waals surface area contributed by atoms with Crippen LogP contribution in [0.5, 0.6) is 0 Å². The fourth-order valence-corrected chi connectivity index (χ4v) is 4.29. The van der Waals surface area contributed by atoms with Crippen molar-refractivity contribution < 1.29 is 4.79 Å². The van der Waals surface area contributed by atoms with Gasteiger partial charge in [0.2, 0.25) is 0 Å². The molecule has 0 N–H and O–H groups in total. The van der Waals surface area contributed by atoms with E-state index in [0.29, 0.717) is 0 Å². The van der Waals surface area contributed by atoms with Gasteiger partial charge in [-0.3, -0.25) is 18.7 Å². The minimum absolute atomic E-state index is 0.132. The van der Waals surface area contributed by atoms with Crippen LogP contribution in [0.3, 0.4) is 0 Å². The molecule has 8 nitrogen and oxygen atoms in total. The van der Waals surface area contributed by atoms with E-state index in [-0.39, 0.29) is 23.1 Å². The lowest BCUT2D eigenvalue weighted by Crippen LogP contribution is -2.56. The number of hydrogen-bond acceptors (Lipinski definition) is 4. The van der Waals surface area contributed by atoms with Crippen molar-refractivity contribution in [3.8, 4) is 0 Å². The Labute approximate surface area is 177 Å². The first kappa shape index (κ1) is 19.0. The molecule has 1 aliphatic heterocycles. The third-order valence-electron chi connectivity index (χ3n) is 5.99. The minimum Gasteiger partial charge on any atom is -0.309 e. The molecule has 1 fully saturated rings. The molecule has 0 radical (unpaired) electrons. The quantitative estimate of drug-likeness (QED) is 0.480. The van der Waals surface area contributed by atoms with E-state index in [2.05, 4.69) is 4.98 Å². The average molecular weight is 415 g/mol. The Morgan fingerprint density at radius 2 is 1.52 bits per heavy atom. The van der Waals surface area contributed by atoms with Crippen molar-refractivity contribution in [2.24, 2.45) is 14.1 Å². The minimum atomic E-state index is -0.640. The van der Waals surface area contributed by atoms with Crippen LogP contribution in [0.25, 0.3) is 11.2 Å². The summed E-state index contributed by atoms with van der Waals surface area (Å²) in [5.74, 6) is -0.132. The molecule has 1 amide bonds. The summed E-state index contributed by atoms with van der Waals surface area (Å²) in [7, 11) is 2.99. The van der Waals surface area contributed by atoms with Gasteiger partial charge in [0, 0.05) is 19.8 Å². The number of rotatable bonds is 3. The zero-order chi connectivity index (χ0) is 21.9. The van der Waals surface area contributed by atoms with Gasteiger partial charge in [-0.1, -0.05) is 48.0 Å². The van der Waals surface area contributed by atoms with Crippen LogP contribution in [0.2, 0.25) is 0 Å². The van der Waals surface area contributed by atoms with Gasteiger partial charge in [-0.15, -0.1) is 0 Å². The fraction of sp³-hybridized carbons (Fsp3) is 0.217. The second-order valence-corrected chi connectivity index (χ2v) is 7.87. The number of carbonyl (C=O) groups excluding carboxylic acids is 1. The lowest BCUT2D eigenvalue weighted by Gasteiger charge is -2.47.